The minimum atomic E-state index is -3.01. The summed E-state index contributed by atoms with van der Waals surface area (Å²) in [7, 11) is -3.01. The van der Waals surface area contributed by atoms with E-state index >= 15 is 0 Å². The molecule has 2 rings (SSSR count). The highest BCUT2D eigenvalue weighted by Gasteiger charge is 2.29. The van der Waals surface area contributed by atoms with Crippen molar-refractivity contribution in [3.05, 3.63) is 22.4 Å². The third-order valence-corrected chi connectivity index (χ3v) is 6.01. The molecule has 1 saturated heterocycles. The van der Waals surface area contributed by atoms with E-state index in [-0.39, 0.29) is 41.8 Å². The first-order chi connectivity index (χ1) is 9.85. The molecule has 1 aliphatic rings. The third-order valence-electron chi connectivity index (χ3n) is 3.25. The van der Waals surface area contributed by atoms with Gasteiger partial charge in [-0.15, -0.1) is 11.3 Å². The van der Waals surface area contributed by atoms with Crippen molar-refractivity contribution >= 4 is 33.0 Å². The summed E-state index contributed by atoms with van der Waals surface area (Å²) < 4.78 is 22.7. The number of carbonyl (C=O) groups is 2. The summed E-state index contributed by atoms with van der Waals surface area (Å²) in [4.78, 5) is 24.2. The first kappa shape index (κ1) is 16.0. The van der Waals surface area contributed by atoms with E-state index in [4.69, 9.17) is 0 Å². The fourth-order valence-corrected chi connectivity index (χ4v) is 4.79. The summed E-state index contributed by atoms with van der Waals surface area (Å²) >= 11 is 1.47. The maximum absolute atomic E-state index is 12.0. The molecule has 0 aromatic carbocycles. The molecule has 0 spiro atoms. The number of hydrogen-bond acceptors (Lipinski definition) is 5. The van der Waals surface area contributed by atoms with E-state index in [9.17, 15) is 18.0 Å². The summed E-state index contributed by atoms with van der Waals surface area (Å²) in [6.45, 7) is 1.40. The number of thiophene rings is 1. The molecule has 0 aliphatic carbocycles. The Bertz CT molecular complexity index is 610. The first-order valence-electron chi connectivity index (χ1n) is 6.66. The summed E-state index contributed by atoms with van der Waals surface area (Å²) in [6.07, 6.45) is 0.564. The summed E-state index contributed by atoms with van der Waals surface area (Å²) in [5.74, 6) is -0.325. The standard InChI is InChI=1S/C13H18N2O4S2/c1-9(16)14-11(12-3-2-5-20-12)7-13(17)15-10-4-6-21(18,19)8-10/h2-3,5,10-11H,4,6-8H2,1H3,(H,14,16)(H,15,17). The van der Waals surface area contributed by atoms with Crippen molar-refractivity contribution in [3.63, 3.8) is 0 Å². The van der Waals surface area contributed by atoms with Gasteiger partial charge in [0.15, 0.2) is 9.84 Å². The fraction of sp³-hybridized carbons (Fsp3) is 0.538. The second-order valence-corrected chi connectivity index (χ2v) is 8.35. The molecule has 2 N–H and O–H groups in total. The molecule has 1 aromatic heterocycles. The smallest absolute Gasteiger partial charge is 0.222 e. The molecule has 116 valence electrons. The Morgan fingerprint density at radius 3 is 2.76 bits per heavy atom. The van der Waals surface area contributed by atoms with E-state index < -0.39 is 9.84 Å². The van der Waals surface area contributed by atoms with Crippen LogP contribution in [0.2, 0.25) is 0 Å². The topological polar surface area (TPSA) is 92.3 Å². The number of rotatable bonds is 5. The Balaban J connectivity index is 1.94. The van der Waals surface area contributed by atoms with Gasteiger partial charge in [-0.1, -0.05) is 6.07 Å². The van der Waals surface area contributed by atoms with E-state index in [1.54, 1.807) is 0 Å². The second kappa shape index (κ2) is 6.57. The minimum Gasteiger partial charge on any atom is -0.352 e. The zero-order valence-corrected chi connectivity index (χ0v) is 13.3. The van der Waals surface area contributed by atoms with Crippen LogP contribution in [0.5, 0.6) is 0 Å². The van der Waals surface area contributed by atoms with Crippen molar-refractivity contribution < 1.29 is 18.0 Å². The van der Waals surface area contributed by atoms with Crippen molar-refractivity contribution in [1.82, 2.24) is 10.6 Å². The number of sulfone groups is 1. The van der Waals surface area contributed by atoms with E-state index in [1.807, 2.05) is 17.5 Å². The van der Waals surface area contributed by atoms with Crippen LogP contribution in [0.25, 0.3) is 0 Å². The van der Waals surface area contributed by atoms with Crippen LogP contribution in [0.1, 0.15) is 30.7 Å². The van der Waals surface area contributed by atoms with Gasteiger partial charge in [0, 0.05) is 17.8 Å². The zero-order valence-electron chi connectivity index (χ0n) is 11.7. The van der Waals surface area contributed by atoms with Crippen LogP contribution in [0.3, 0.4) is 0 Å². The van der Waals surface area contributed by atoms with Gasteiger partial charge in [-0.3, -0.25) is 9.59 Å². The average molecular weight is 330 g/mol. The maximum Gasteiger partial charge on any atom is 0.222 e. The quantitative estimate of drug-likeness (QED) is 0.828. The normalized spacial score (nSPS) is 21.7. The molecule has 2 amide bonds. The molecule has 6 nitrogen and oxygen atoms in total. The lowest BCUT2D eigenvalue weighted by molar-refractivity contribution is -0.123. The monoisotopic (exact) mass is 330 g/mol. The third kappa shape index (κ3) is 4.82. The van der Waals surface area contributed by atoms with Crippen LogP contribution in [-0.4, -0.2) is 37.8 Å². The van der Waals surface area contributed by atoms with Crippen LogP contribution in [0.4, 0.5) is 0 Å². The molecule has 21 heavy (non-hydrogen) atoms. The molecule has 0 radical (unpaired) electrons. The van der Waals surface area contributed by atoms with Crippen molar-refractivity contribution in [1.29, 1.82) is 0 Å². The summed E-state index contributed by atoms with van der Waals surface area (Å²) in [6, 6.07) is 3.03. The van der Waals surface area contributed by atoms with Gasteiger partial charge in [-0.2, -0.15) is 0 Å². The van der Waals surface area contributed by atoms with E-state index in [0.29, 0.717) is 6.42 Å². The van der Waals surface area contributed by atoms with Crippen LogP contribution < -0.4 is 10.6 Å². The molecule has 0 bridgehead atoms. The molecule has 8 heteroatoms. The molecule has 0 saturated carbocycles. The van der Waals surface area contributed by atoms with Crippen LogP contribution in [0.15, 0.2) is 17.5 Å². The zero-order chi connectivity index (χ0) is 15.5. The molecule has 1 aliphatic heterocycles. The van der Waals surface area contributed by atoms with Gasteiger partial charge in [0.25, 0.3) is 0 Å². The lowest BCUT2D eigenvalue weighted by Crippen LogP contribution is -2.38. The Hall–Kier alpha value is -1.41. The minimum absolute atomic E-state index is 0.00253. The number of amides is 2. The predicted octanol–water partition coefficient (Wildman–Crippen LogP) is 0.619. The van der Waals surface area contributed by atoms with Crippen LogP contribution >= 0.6 is 11.3 Å². The number of carbonyl (C=O) groups excluding carboxylic acids is 2. The second-order valence-electron chi connectivity index (χ2n) is 5.14. The van der Waals surface area contributed by atoms with Crippen LogP contribution in [0, 0.1) is 0 Å². The lowest BCUT2D eigenvalue weighted by Gasteiger charge is -2.18. The van der Waals surface area contributed by atoms with Crippen molar-refractivity contribution in [3.8, 4) is 0 Å². The largest absolute Gasteiger partial charge is 0.352 e. The van der Waals surface area contributed by atoms with E-state index in [1.165, 1.54) is 18.3 Å². The molecular weight excluding hydrogens is 312 g/mol. The Morgan fingerprint density at radius 2 is 2.24 bits per heavy atom. The van der Waals surface area contributed by atoms with Gasteiger partial charge in [0.1, 0.15) is 0 Å². The van der Waals surface area contributed by atoms with Gasteiger partial charge in [-0.05, 0) is 17.9 Å². The van der Waals surface area contributed by atoms with Crippen molar-refractivity contribution in [2.75, 3.05) is 11.5 Å². The van der Waals surface area contributed by atoms with Gasteiger partial charge < -0.3 is 10.6 Å². The average Bonchev–Trinajstić information content (AvgIpc) is 2.97. The highest BCUT2D eigenvalue weighted by molar-refractivity contribution is 7.91. The van der Waals surface area contributed by atoms with Gasteiger partial charge in [0.2, 0.25) is 11.8 Å². The first-order valence-corrected chi connectivity index (χ1v) is 9.36. The highest BCUT2D eigenvalue weighted by Crippen LogP contribution is 2.22. The maximum atomic E-state index is 12.0. The van der Waals surface area contributed by atoms with Crippen molar-refractivity contribution in [2.45, 2.75) is 31.8 Å². The molecule has 1 aromatic rings. The highest BCUT2D eigenvalue weighted by atomic mass is 32.2. The summed E-state index contributed by atoms with van der Waals surface area (Å²) in [5.41, 5.74) is 0. The molecule has 2 unspecified atom stereocenters. The van der Waals surface area contributed by atoms with E-state index in [0.717, 1.165) is 4.88 Å². The van der Waals surface area contributed by atoms with Crippen LogP contribution in [-0.2, 0) is 19.4 Å². The van der Waals surface area contributed by atoms with Gasteiger partial charge in [0.05, 0.1) is 24.0 Å². The molecule has 2 heterocycles. The Kier molecular flexibility index (Phi) is 5.00. The Labute approximate surface area is 127 Å². The molecule has 1 fully saturated rings. The Morgan fingerprint density at radius 1 is 1.48 bits per heavy atom. The molecular formula is C13H18N2O4S2. The molecule has 2 atom stereocenters. The fourth-order valence-electron chi connectivity index (χ4n) is 2.34. The SMILES string of the molecule is CC(=O)NC(CC(=O)NC1CCS(=O)(=O)C1)c1cccs1. The lowest BCUT2D eigenvalue weighted by atomic mass is 10.1. The van der Waals surface area contributed by atoms with E-state index in [2.05, 4.69) is 10.6 Å². The predicted molar refractivity (Wildman–Crippen MR) is 80.7 cm³/mol. The van der Waals surface area contributed by atoms with Gasteiger partial charge >= 0.3 is 0 Å². The number of nitrogens with one attached hydrogen (secondary N) is 2. The summed E-state index contributed by atoms with van der Waals surface area (Å²) in [5, 5.41) is 7.36. The van der Waals surface area contributed by atoms with Gasteiger partial charge in [-0.25, -0.2) is 8.42 Å². The number of hydrogen-bond donors (Lipinski definition) is 2. The van der Waals surface area contributed by atoms with Crippen molar-refractivity contribution in [2.24, 2.45) is 0 Å².